The van der Waals surface area contributed by atoms with E-state index in [2.05, 4.69) is 6.07 Å². The summed E-state index contributed by atoms with van der Waals surface area (Å²) in [4.78, 5) is 27.9. The molecule has 1 aliphatic heterocycles. The molecule has 0 bridgehead atoms. The molecular formula is C19H20N2O2. The number of anilines is 1. The monoisotopic (exact) mass is 308 g/mol. The van der Waals surface area contributed by atoms with Gasteiger partial charge in [-0.3, -0.25) is 9.59 Å². The lowest BCUT2D eigenvalue weighted by molar-refractivity contribution is -0.134. The fourth-order valence-electron chi connectivity index (χ4n) is 2.93. The maximum Gasteiger partial charge on any atom is 0.246 e. The second-order valence-electron chi connectivity index (χ2n) is 5.78. The predicted molar refractivity (Wildman–Crippen MR) is 90.0 cm³/mol. The van der Waals surface area contributed by atoms with Crippen LogP contribution in [0.2, 0.25) is 0 Å². The van der Waals surface area contributed by atoms with Gasteiger partial charge in [-0.2, -0.15) is 0 Å². The van der Waals surface area contributed by atoms with Crippen molar-refractivity contribution in [3.8, 4) is 0 Å². The first-order valence-corrected chi connectivity index (χ1v) is 7.83. The lowest BCUT2D eigenvalue weighted by Gasteiger charge is -2.24. The minimum atomic E-state index is -0.0883. The van der Waals surface area contributed by atoms with E-state index in [0.717, 1.165) is 17.7 Å². The van der Waals surface area contributed by atoms with Crippen molar-refractivity contribution in [1.82, 2.24) is 4.90 Å². The number of benzene rings is 2. The van der Waals surface area contributed by atoms with Gasteiger partial charge in [-0.25, -0.2) is 0 Å². The maximum atomic E-state index is 12.6. The topological polar surface area (TPSA) is 40.6 Å². The second-order valence-corrected chi connectivity index (χ2v) is 5.78. The van der Waals surface area contributed by atoms with Gasteiger partial charge >= 0.3 is 0 Å². The Balaban J connectivity index is 1.71. The van der Waals surface area contributed by atoms with Crippen molar-refractivity contribution in [2.75, 3.05) is 18.0 Å². The van der Waals surface area contributed by atoms with Crippen molar-refractivity contribution in [3.63, 3.8) is 0 Å². The normalized spacial score (nSPS) is 12.8. The Morgan fingerprint density at radius 3 is 2.48 bits per heavy atom. The third-order valence-corrected chi connectivity index (χ3v) is 4.18. The Hall–Kier alpha value is -2.62. The Labute approximate surface area is 136 Å². The van der Waals surface area contributed by atoms with Crippen molar-refractivity contribution in [2.45, 2.75) is 19.9 Å². The highest BCUT2D eigenvalue weighted by atomic mass is 16.2. The standard InChI is InChI=1S/C19H20N2O2/c1-15(22)20(13-16-7-3-2-4-8-16)14-19(23)21-12-11-17-9-5-6-10-18(17)21/h2-10H,11-14H2,1H3. The molecule has 4 heteroatoms. The van der Waals surface area contributed by atoms with Crippen LogP contribution < -0.4 is 4.90 Å². The van der Waals surface area contributed by atoms with Crippen molar-refractivity contribution >= 4 is 17.5 Å². The van der Waals surface area contributed by atoms with Crippen LogP contribution in [0.4, 0.5) is 5.69 Å². The molecule has 0 radical (unpaired) electrons. The molecule has 1 aliphatic rings. The van der Waals surface area contributed by atoms with Crippen LogP contribution in [0.15, 0.2) is 54.6 Å². The zero-order chi connectivity index (χ0) is 16.2. The van der Waals surface area contributed by atoms with E-state index in [1.165, 1.54) is 12.5 Å². The summed E-state index contributed by atoms with van der Waals surface area (Å²) in [6, 6.07) is 17.7. The van der Waals surface area contributed by atoms with Crippen molar-refractivity contribution < 1.29 is 9.59 Å². The number of rotatable bonds is 4. The van der Waals surface area contributed by atoms with E-state index in [-0.39, 0.29) is 18.4 Å². The molecule has 0 aromatic heterocycles. The molecule has 23 heavy (non-hydrogen) atoms. The summed E-state index contributed by atoms with van der Waals surface area (Å²) in [6.07, 6.45) is 0.876. The molecule has 2 amide bonds. The van der Waals surface area contributed by atoms with Crippen LogP contribution in [-0.2, 0) is 22.6 Å². The summed E-state index contributed by atoms with van der Waals surface area (Å²) >= 11 is 0. The van der Waals surface area contributed by atoms with Crippen LogP contribution in [0.5, 0.6) is 0 Å². The molecule has 4 nitrogen and oxygen atoms in total. The third-order valence-electron chi connectivity index (χ3n) is 4.18. The van der Waals surface area contributed by atoms with E-state index in [9.17, 15) is 9.59 Å². The first-order chi connectivity index (χ1) is 11.1. The van der Waals surface area contributed by atoms with E-state index in [4.69, 9.17) is 0 Å². The molecule has 2 aromatic carbocycles. The summed E-state index contributed by atoms with van der Waals surface area (Å²) < 4.78 is 0. The molecule has 0 unspecified atom stereocenters. The number of carbonyl (C=O) groups is 2. The zero-order valence-electron chi connectivity index (χ0n) is 13.2. The molecule has 0 fully saturated rings. The van der Waals surface area contributed by atoms with Gasteiger partial charge in [-0.1, -0.05) is 48.5 Å². The SMILES string of the molecule is CC(=O)N(CC(=O)N1CCc2ccccc21)Cc1ccccc1. The second kappa shape index (κ2) is 6.65. The van der Waals surface area contributed by atoms with E-state index in [1.807, 2.05) is 48.5 Å². The molecule has 118 valence electrons. The molecule has 0 spiro atoms. The van der Waals surface area contributed by atoms with Crippen LogP contribution in [-0.4, -0.2) is 29.8 Å². The third kappa shape index (κ3) is 3.42. The Kier molecular flexibility index (Phi) is 4.42. The summed E-state index contributed by atoms with van der Waals surface area (Å²) in [5, 5.41) is 0. The zero-order valence-corrected chi connectivity index (χ0v) is 13.2. The van der Waals surface area contributed by atoms with Gasteiger partial charge in [0, 0.05) is 25.7 Å². The lowest BCUT2D eigenvalue weighted by atomic mass is 10.2. The van der Waals surface area contributed by atoms with Crippen LogP contribution in [0.1, 0.15) is 18.1 Å². The molecule has 1 heterocycles. The lowest BCUT2D eigenvalue weighted by Crippen LogP contribution is -2.41. The first kappa shape index (κ1) is 15.3. The Bertz CT molecular complexity index is 712. The smallest absolute Gasteiger partial charge is 0.246 e. The van der Waals surface area contributed by atoms with Gasteiger partial charge in [0.2, 0.25) is 11.8 Å². The van der Waals surface area contributed by atoms with E-state index in [0.29, 0.717) is 13.1 Å². The van der Waals surface area contributed by atoms with Crippen LogP contribution in [0, 0.1) is 0 Å². The predicted octanol–water partition coefficient (Wildman–Crippen LogP) is 2.62. The molecular weight excluding hydrogens is 288 g/mol. The summed E-state index contributed by atoms with van der Waals surface area (Å²) in [5.74, 6) is -0.115. The summed E-state index contributed by atoms with van der Waals surface area (Å²) in [6.45, 7) is 2.76. The molecule has 0 saturated carbocycles. The van der Waals surface area contributed by atoms with Gasteiger partial charge in [0.1, 0.15) is 6.54 Å². The number of para-hydroxylation sites is 1. The number of carbonyl (C=O) groups excluding carboxylic acids is 2. The van der Waals surface area contributed by atoms with Crippen molar-refractivity contribution in [1.29, 1.82) is 0 Å². The average Bonchev–Trinajstić information content (AvgIpc) is 2.99. The highest BCUT2D eigenvalue weighted by Gasteiger charge is 2.26. The Morgan fingerprint density at radius 2 is 1.74 bits per heavy atom. The number of amides is 2. The van der Waals surface area contributed by atoms with Crippen LogP contribution in [0.3, 0.4) is 0 Å². The van der Waals surface area contributed by atoms with Gasteiger partial charge < -0.3 is 9.80 Å². The number of hydrogen-bond acceptors (Lipinski definition) is 2. The van der Waals surface area contributed by atoms with Gasteiger partial charge in [0.15, 0.2) is 0 Å². The largest absolute Gasteiger partial charge is 0.329 e. The first-order valence-electron chi connectivity index (χ1n) is 7.83. The van der Waals surface area contributed by atoms with Crippen molar-refractivity contribution in [3.05, 3.63) is 65.7 Å². The van der Waals surface area contributed by atoms with Gasteiger partial charge in [0.25, 0.3) is 0 Å². The molecule has 3 rings (SSSR count). The van der Waals surface area contributed by atoms with Crippen LogP contribution >= 0.6 is 0 Å². The Morgan fingerprint density at radius 1 is 1.04 bits per heavy atom. The fourth-order valence-corrected chi connectivity index (χ4v) is 2.93. The van der Waals surface area contributed by atoms with Gasteiger partial charge in [0.05, 0.1) is 0 Å². The molecule has 2 aromatic rings. The minimum absolute atomic E-state index is 0.0268. The van der Waals surface area contributed by atoms with E-state index < -0.39 is 0 Å². The number of fused-ring (bicyclic) bond motifs is 1. The molecule has 0 N–H and O–H groups in total. The van der Waals surface area contributed by atoms with E-state index >= 15 is 0 Å². The van der Waals surface area contributed by atoms with Crippen LogP contribution in [0.25, 0.3) is 0 Å². The summed E-state index contributed by atoms with van der Waals surface area (Å²) in [7, 11) is 0. The quantitative estimate of drug-likeness (QED) is 0.871. The highest BCUT2D eigenvalue weighted by Crippen LogP contribution is 2.27. The van der Waals surface area contributed by atoms with E-state index in [1.54, 1.807) is 9.80 Å². The molecule has 0 atom stereocenters. The minimum Gasteiger partial charge on any atom is -0.329 e. The maximum absolute atomic E-state index is 12.6. The molecule has 0 aliphatic carbocycles. The van der Waals surface area contributed by atoms with Crippen molar-refractivity contribution in [2.24, 2.45) is 0 Å². The van der Waals surface area contributed by atoms with Gasteiger partial charge in [-0.15, -0.1) is 0 Å². The van der Waals surface area contributed by atoms with Gasteiger partial charge in [-0.05, 0) is 23.6 Å². The number of nitrogens with zero attached hydrogens (tertiary/aromatic N) is 2. The molecule has 0 saturated heterocycles. The average molecular weight is 308 g/mol. The highest BCUT2D eigenvalue weighted by molar-refractivity contribution is 5.98. The number of hydrogen-bond donors (Lipinski definition) is 0. The fraction of sp³-hybridized carbons (Fsp3) is 0.263. The summed E-state index contributed by atoms with van der Waals surface area (Å²) in [5.41, 5.74) is 3.19.